The molecule has 3 rings (SSSR count). The molecular formula is C21H21N3O3S2. The second-order valence-corrected chi connectivity index (χ2v) is 9.60. The lowest BCUT2D eigenvalue weighted by molar-refractivity contribution is -0.111. The number of hydrogen-bond donors (Lipinski definition) is 1. The Hall–Kier alpha value is -2.81. The Morgan fingerprint density at radius 3 is 2.52 bits per heavy atom. The molecule has 0 bridgehead atoms. The minimum absolute atomic E-state index is 0.219. The van der Waals surface area contributed by atoms with Crippen LogP contribution in [0.15, 0.2) is 64.9 Å². The molecule has 0 aliphatic carbocycles. The van der Waals surface area contributed by atoms with Gasteiger partial charge in [-0.25, -0.2) is 17.7 Å². The first-order chi connectivity index (χ1) is 13.8. The molecule has 2 aromatic carbocycles. The molecule has 0 fully saturated rings. The predicted octanol–water partition coefficient (Wildman–Crippen LogP) is 4.02. The number of carbonyl (C=O) groups excluding carboxylic acids is 1. The Bertz CT molecular complexity index is 1150. The van der Waals surface area contributed by atoms with Gasteiger partial charge in [0.05, 0.1) is 10.6 Å². The summed E-state index contributed by atoms with van der Waals surface area (Å²) in [4.78, 5) is 16.8. The van der Waals surface area contributed by atoms with E-state index >= 15 is 0 Å². The highest BCUT2D eigenvalue weighted by Gasteiger charge is 2.17. The lowest BCUT2D eigenvalue weighted by Crippen LogP contribution is -2.22. The number of benzene rings is 2. The van der Waals surface area contributed by atoms with Gasteiger partial charge in [0.1, 0.15) is 0 Å². The molecule has 0 saturated carbocycles. The van der Waals surface area contributed by atoms with Crippen LogP contribution in [0.1, 0.15) is 11.1 Å². The predicted molar refractivity (Wildman–Crippen MR) is 117 cm³/mol. The molecule has 0 atom stereocenters. The van der Waals surface area contributed by atoms with Crippen molar-refractivity contribution >= 4 is 38.5 Å². The summed E-state index contributed by atoms with van der Waals surface area (Å²) in [5.74, 6) is -0.264. The van der Waals surface area contributed by atoms with E-state index in [2.05, 4.69) is 10.3 Å². The molecule has 0 saturated heterocycles. The summed E-state index contributed by atoms with van der Waals surface area (Å²) in [5.41, 5.74) is 3.52. The largest absolute Gasteiger partial charge is 0.298 e. The summed E-state index contributed by atoms with van der Waals surface area (Å²) in [7, 11) is -0.483. The SMILES string of the molecule is Cc1cccc(/C=C/C(=O)Nc2nc(-c3ccc(S(=O)(=O)N(C)C)cc3)cs2)c1. The van der Waals surface area contributed by atoms with Gasteiger partial charge in [-0.3, -0.25) is 10.1 Å². The summed E-state index contributed by atoms with van der Waals surface area (Å²) >= 11 is 1.31. The van der Waals surface area contributed by atoms with E-state index in [1.807, 2.05) is 36.6 Å². The molecule has 0 spiro atoms. The first-order valence-electron chi connectivity index (χ1n) is 8.80. The van der Waals surface area contributed by atoms with E-state index in [1.54, 1.807) is 30.3 Å². The monoisotopic (exact) mass is 427 g/mol. The number of carbonyl (C=O) groups is 1. The summed E-state index contributed by atoms with van der Waals surface area (Å²) in [6.07, 6.45) is 3.22. The molecule has 0 radical (unpaired) electrons. The summed E-state index contributed by atoms with van der Waals surface area (Å²) in [6.45, 7) is 2.00. The number of hydrogen-bond acceptors (Lipinski definition) is 5. The van der Waals surface area contributed by atoms with Crippen LogP contribution in [-0.2, 0) is 14.8 Å². The minimum atomic E-state index is -3.47. The summed E-state index contributed by atoms with van der Waals surface area (Å²) in [5, 5.41) is 5.04. The molecule has 29 heavy (non-hydrogen) atoms. The Morgan fingerprint density at radius 2 is 1.86 bits per heavy atom. The van der Waals surface area contributed by atoms with E-state index in [0.717, 1.165) is 16.7 Å². The zero-order valence-corrected chi connectivity index (χ0v) is 17.9. The van der Waals surface area contributed by atoms with Crippen LogP contribution in [0.3, 0.4) is 0 Å². The van der Waals surface area contributed by atoms with E-state index in [-0.39, 0.29) is 10.8 Å². The number of aryl methyl sites for hydroxylation is 1. The minimum Gasteiger partial charge on any atom is -0.298 e. The highest BCUT2D eigenvalue weighted by atomic mass is 32.2. The molecule has 3 aromatic rings. The number of amides is 1. The first kappa shape index (κ1) is 20.9. The Kier molecular flexibility index (Phi) is 6.26. The van der Waals surface area contributed by atoms with Crippen LogP contribution in [-0.4, -0.2) is 37.7 Å². The van der Waals surface area contributed by atoms with Crippen LogP contribution in [0.25, 0.3) is 17.3 Å². The fourth-order valence-electron chi connectivity index (χ4n) is 2.56. The van der Waals surface area contributed by atoms with E-state index in [0.29, 0.717) is 10.8 Å². The van der Waals surface area contributed by atoms with Gasteiger partial charge in [0.15, 0.2) is 5.13 Å². The van der Waals surface area contributed by atoms with Crippen LogP contribution in [0, 0.1) is 6.92 Å². The second-order valence-electron chi connectivity index (χ2n) is 6.59. The van der Waals surface area contributed by atoms with Crippen molar-refractivity contribution in [2.45, 2.75) is 11.8 Å². The summed E-state index contributed by atoms with van der Waals surface area (Å²) < 4.78 is 25.5. The fourth-order valence-corrected chi connectivity index (χ4v) is 4.19. The van der Waals surface area contributed by atoms with Crippen LogP contribution < -0.4 is 5.32 Å². The average molecular weight is 428 g/mol. The fraction of sp³-hybridized carbons (Fsp3) is 0.143. The van der Waals surface area contributed by atoms with Crippen molar-refractivity contribution in [1.29, 1.82) is 0 Å². The van der Waals surface area contributed by atoms with Gasteiger partial charge in [0.25, 0.3) is 0 Å². The number of nitrogens with zero attached hydrogens (tertiary/aromatic N) is 2. The maximum atomic E-state index is 12.1. The summed E-state index contributed by atoms with van der Waals surface area (Å²) in [6, 6.07) is 14.4. The molecule has 1 heterocycles. The molecule has 0 aliphatic heterocycles. The third-order valence-corrected chi connectivity index (χ3v) is 6.72. The van der Waals surface area contributed by atoms with Crippen LogP contribution in [0.2, 0.25) is 0 Å². The third kappa shape index (κ3) is 5.17. The zero-order valence-electron chi connectivity index (χ0n) is 16.3. The van der Waals surface area contributed by atoms with Gasteiger partial charge in [0.2, 0.25) is 15.9 Å². The van der Waals surface area contributed by atoms with E-state index in [4.69, 9.17) is 0 Å². The van der Waals surface area contributed by atoms with Crippen LogP contribution >= 0.6 is 11.3 Å². The normalized spacial score (nSPS) is 11.9. The number of anilines is 1. The van der Waals surface area contributed by atoms with E-state index < -0.39 is 10.0 Å². The van der Waals surface area contributed by atoms with Crippen LogP contribution in [0.4, 0.5) is 5.13 Å². The molecule has 1 amide bonds. The van der Waals surface area contributed by atoms with Crippen molar-refractivity contribution in [3.8, 4) is 11.3 Å². The number of sulfonamides is 1. The van der Waals surface area contributed by atoms with Gasteiger partial charge in [-0.1, -0.05) is 42.0 Å². The molecule has 0 aliphatic rings. The molecule has 150 valence electrons. The average Bonchev–Trinajstić information content (AvgIpc) is 3.15. The number of aromatic nitrogens is 1. The second kappa shape index (κ2) is 8.69. The van der Waals surface area contributed by atoms with Gasteiger partial charge in [0, 0.05) is 31.1 Å². The smallest absolute Gasteiger partial charge is 0.250 e. The Morgan fingerprint density at radius 1 is 1.14 bits per heavy atom. The Balaban J connectivity index is 1.68. The number of thiazole rings is 1. The number of nitrogens with one attached hydrogen (secondary N) is 1. The highest BCUT2D eigenvalue weighted by molar-refractivity contribution is 7.89. The lowest BCUT2D eigenvalue weighted by atomic mass is 10.1. The van der Waals surface area contributed by atoms with Crippen molar-refractivity contribution < 1.29 is 13.2 Å². The third-order valence-electron chi connectivity index (χ3n) is 4.13. The molecular weight excluding hydrogens is 406 g/mol. The van der Waals surface area contributed by atoms with Gasteiger partial charge in [-0.15, -0.1) is 11.3 Å². The highest BCUT2D eigenvalue weighted by Crippen LogP contribution is 2.26. The van der Waals surface area contributed by atoms with Gasteiger partial charge >= 0.3 is 0 Å². The van der Waals surface area contributed by atoms with Gasteiger partial charge in [-0.2, -0.15) is 0 Å². The van der Waals surface area contributed by atoms with Gasteiger partial charge in [-0.05, 0) is 30.7 Å². The zero-order chi connectivity index (χ0) is 21.0. The van der Waals surface area contributed by atoms with E-state index in [9.17, 15) is 13.2 Å². The molecule has 1 N–H and O–H groups in total. The molecule has 0 unspecified atom stereocenters. The first-order valence-corrected chi connectivity index (χ1v) is 11.1. The standard InChI is InChI=1S/C21H21N3O3S2/c1-15-5-4-6-16(13-15)7-12-20(25)23-21-22-19(14-28-21)17-8-10-18(11-9-17)29(26,27)24(2)3/h4-14H,1-3H3,(H,22,23,25)/b12-7+. The maximum absolute atomic E-state index is 12.1. The van der Waals surface area contributed by atoms with Crippen molar-refractivity contribution in [1.82, 2.24) is 9.29 Å². The van der Waals surface area contributed by atoms with Crippen molar-refractivity contribution in [2.75, 3.05) is 19.4 Å². The maximum Gasteiger partial charge on any atom is 0.250 e. The molecule has 6 nitrogen and oxygen atoms in total. The van der Waals surface area contributed by atoms with Gasteiger partial charge < -0.3 is 0 Å². The molecule has 1 aromatic heterocycles. The van der Waals surface area contributed by atoms with Crippen molar-refractivity contribution in [3.63, 3.8) is 0 Å². The molecule has 8 heteroatoms. The Labute approximate surface area is 174 Å². The van der Waals surface area contributed by atoms with E-state index in [1.165, 1.54) is 35.8 Å². The van der Waals surface area contributed by atoms with Crippen LogP contribution in [0.5, 0.6) is 0 Å². The van der Waals surface area contributed by atoms with Crippen molar-refractivity contribution in [2.24, 2.45) is 0 Å². The number of rotatable bonds is 6. The topological polar surface area (TPSA) is 79.4 Å². The quantitative estimate of drug-likeness (QED) is 0.603. The van der Waals surface area contributed by atoms with Crippen molar-refractivity contribution in [3.05, 3.63) is 71.1 Å². The lowest BCUT2D eigenvalue weighted by Gasteiger charge is -2.11.